The van der Waals surface area contributed by atoms with Crippen molar-refractivity contribution in [2.24, 2.45) is 0 Å². The second-order valence-electron chi connectivity index (χ2n) is 8.85. The first-order valence-electron chi connectivity index (χ1n) is 11.8. The first kappa shape index (κ1) is 28.2. The number of aromatic nitrogens is 1. The molecule has 204 valence electrons. The number of nitrogens with one attached hydrogen (secondary N) is 2. The van der Waals surface area contributed by atoms with Gasteiger partial charge in [-0.2, -0.15) is 31.6 Å². The van der Waals surface area contributed by atoms with Crippen molar-refractivity contribution in [2.75, 3.05) is 5.32 Å². The van der Waals surface area contributed by atoms with Crippen LogP contribution in [0.1, 0.15) is 33.5 Å². The van der Waals surface area contributed by atoms with Gasteiger partial charge in [0.05, 0.1) is 28.5 Å². The van der Waals surface area contributed by atoms with Crippen LogP contribution in [0.4, 0.5) is 36.8 Å². The molecule has 1 aromatic heterocycles. The normalized spacial score (nSPS) is 13.1. The lowest BCUT2D eigenvalue weighted by molar-refractivity contribution is -0.138. The van der Waals surface area contributed by atoms with Crippen molar-refractivity contribution in [1.29, 1.82) is 5.26 Å². The molecule has 40 heavy (non-hydrogen) atoms. The number of nitrogens with zero attached hydrogens (tertiary/aromatic N) is 2. The van der Waals surface area contributed by atoms with Gasteiger partial charge >= 0.3 is 18.4 Å². The number of halogens is 6. The third-order valence-electron chi connectivity index (χ3n) is 6.10. The maximum atomic E-state index is 13.7. The van der Waals surface area contributed by atoms with Crippen molar-refractivity contribution in [3.63, 3.8) is 0 Å². The minimum atomic E-state index is -4.73. The molecule has 3 aromatic carbocycles. The average molecular weight is 554 g/mol. The molecule has 0 aliphatic carbocycles. The van der Waals surface area contributed by atoms with Gasteiger partial charge in [0.1, 0.15) is 5.54 Å². The lowest BCUT2D eigenvalue weighted by Crippen LogP contribution is -2.50. The number of benzene rings is 3. The highest BCUT2D eigenvalue weighted by Crippen LogP contribution is 2.38. The van der Waals surface area contributed by atoms with Gasteiger partial charge in [0, 0.05) is 18.3 Å². The maximum absolute atomic E-state index is 13.7. The second kappa shape index (κ2) is 11.1. The van der Waals surface area contributed by atoms with E-state index in [0.717, 1.165) is 30.3 Å². The number of rotatable bonds is 6. The number of carbonyl (C=O) groups is 1. The molecule has 0 radical (unpaired) electrons. The molecule has 0 spiro atoms. The summed E-state index contributed by atoms with van der Waals surface area (Å²) in [4.78, 5) is 17.3. The zero-order valence-electron chi connectivity index (χ0n) is 20.5. The van der Waals surface area contributed by atoms with Gasteiger partial charge < -0.3 is 10.6 Å². The lowest BCUT2D eigenvalue weighted by atomic mass is 9.79. The summed E-state index contributed by atoms with van der Waals surface area (Å²) in [5, 5.41) is 14.4. The van der Waals surface area contributed by atoms with Crippen molar-refractivity contribution in [3.05, 3.63) is 131 Å². The summed E-state index contributed by atoms with van der Waals surface area (Å²) < 4.78 is 81.1. The molecule has 4 rings (SSSR count). The number of pyridine rings is 1. The Morgan fingerprint density at radius 3 is 2.08 bits per heavy atom. The van der Waals surface area contributed by atoms with Crippen LogP contribution < -0.4 is 10.6 Å². The van der Waals surface area contributed by atoms with E-state index in [1.165, 1.54) is 30.3 Å². The van der Waals surface area contributed by atoms with E-state index >= 15 is 0 Å². The fourth-order valence-corrected chi connectivity index (χ4v) is 4.22. The van der Waals surface area contributed by atoms with Gasteiger partial charge in [-0.25, -0.2) is 4.79 Å². The van der Waals surface area contributed by atoms with E-state index in [2.05, 4.69) is 15.6 Å². The number of nitriles is 1. The third-order valence-corrected chi connectivity index (χ3v) is 6.10. The van der Waals surface area contributed by atoms with Gasteiger partial charge in [-0.15, -0.1) is 0 Å². The Balaban J connectivity index is 1.89. The van der Waals surface area contributed by atoms with Crippen LogP contribution in [-0.2, 0) is 24.3 Å². The Morgan fingerprint density at radius 2 is 1.45 bits per heavy atom. The van der Waals surface area contributed by atoms with Gasteiger partial charge in [-0.3, -0.25) is 4.98 Å². The van der Waals surface area contributed by atoms with Crippen LogP contribution >= 0.6 is 0 Å². The van der Waals surface area contributed by atoms with Crippen LogP contribution in [0.2, 0.25) is 0 Å². The molecule has 0 fully saturated rings. The largest absolute Gasteiger partial charge is 0.417 e. The summed E-state index contributed by atoms with van der Waals surface area (Å²) in [5.74, 6) is 0. The molecule has 11 heteroatoms. The molecule has 0 aliphatic heterocycles. The second-order valence-corrected chi connectivity index (χ2v) is 8.85. The minimum Gasteiger partial charge on any atom is -0.322 e. The van der Waals surface area contributed by atoms with E-state index in [9.17, 15) is 31.1 Å². The van der Waals surface area contributed by atoms with Gasteiger partial charge in [0.25, 0.3) is 0 Å². The first-order chi connectivity index (χ1) is 18.9. The summed E-state index contributed by atoms with van der Waals surface area (Å²) in [7, 11) is 0. The molecule has 1 heterocycles. The van der Waals surface area contributed by atoms with Crippen LogP contribution in [-0.4, -0.2) is 11.0 Å². The Labute approximate surface area is 225 Å². The molecule has 1 unspecified atom stereocenters. The Bertz CT molecular complexity index is 1530. The van der Waals surface area contributed by atoms with Gasteiger partial charge in [-0.05, 0) is 53.6 Å². The van der Waals surface area contributed by atoms with Crippen molar-refractivity contribution in [2.45, 2.75) is 24.3 Å². The number of anilines is 1. The zero-order chi connectivity index (χ0) is 29.0. The van der Waals surface area contributed by atoms with Crippen molar-refractivity contribution < 1.29 is 31.1 Å². The van der Waals surface area contributed by atoms with Crippen molar-refractivity contribution >= 4 is 11.7 Å². The van der Waals surface area contributed by atoms with E-state index in [-0.39, 0.29) is 28.9 Å². The average Bonchev–Trinajstić information content (AvgIpc) is 2.92. The molecule has 0 bridgehead atoms. The lowest BCUT2D eigenvalue weighted by Gasteiger charge is -2.36. The monoisotopic (exact) mass is 554 g/mol. The zero-order valence-corrected chi connectivity index (χ0v) is 20.5. The van der Waals surface area contributed by atoms with E-state index in [1.54, 1.807) is 30.3 Å². The summed E-state index contributed by atoms with van der Waals surface area (Å²) in [6.07, 6.45) is -9.03. The summed E-state index contributed by atoms with van der Waals surface area (Å²) in [6, 6.07) is 21.3. The quantitative estimate of drug-likeness (QED) is 0.246. The van der Waals surface area contributed by atoms with Crippen LogP contribution in [0.3, 0.4) is 0 Å². The predicted octanol–water partition coefficient (Wildman–Crippen LogP) is 7.30. The van der Waals surface area contributed by atoms with Gasteiger partial charge in [0.2, 0.25) is 0 Å². The highest BCUT2D eigenvalue weighted by atomic mass is 19.4. The molecule has 0 aliphatic rings. The molecule has 0 saturated heterocycles. The van der Waals surface area contributed by atoms with E-state index in [4.69, 9.17) is 5.26 Å². The number of amides is 2. The van der Waals surface area contributed by atoms with E-state index in [0.29, 0.717) is 11.8 Å². The SMILES string of the molecule is N#Cc1cccc(NC(=O)NC(Cc2ccccc2)(c2cccc(C(F)(F)F)c2)c2ccc(C(F)(F)F)cn2)c1. The van der Waals surface area contributed by atoms with Crippen molar-refractivity contribution in [1.82, 2.24) is 10.3 Å². The molecule has 5 nitrogen and oxygen atoms in total. The van der Waals surface area contributed by atoms with E-state index in [1.807, 2.05) is 6.07 Å². The highest BCUT2D eigenvalue weighted by Gasteiger charge is 2.41. The first-order valence-corrected chi connectivity index (χ1v) is 11.8. The molecular weight excluding hydrogens is 534 g/mol. The number of alkyl halides is 6. The molecule has 4 aromatic rings. The number of hydrogen-bond acceptors (Lipinski definition) is 3. The van der Waals surface area contributed by atoms with E-state index < -0.39 is 35.0 Å². The van der Waals surface area contributed by atoms with Gasteiger partial charge in [-0.1, -0.05) is 48.5 Å². The molecule has 0 saturated carbocycles. The van der Waals surface area contributed by atoms with Crippen LogP contribution in [0.25, 0.3) is 0 Å². The molecular formula is C29H20F6N4O. The standard InChI is InChI=1S/C29H20F6N4O/c30-28(31,32)22-10-5-9-21(15-22)27(16-19-6-2-1-3-7-19,25-13-12-23(18-37-25)29(33,34)35)39-26(40)38-24-11-4-8-20(14-24)17-36/h1-15,18H,16H2,(H2,38,39,40). The Hall–Kier alpha value is -4.85. The Morgan fingerprint density at radius 1 is 0.775 bits per heavy atom. The minimum absolute atomic E-state index is 0.0561. The highest BCUT2D eigenvalue weighted by molar-refractivity contribution is 5.90. The summed E-state index contributed by atoms with van der Waals surface area (Å²) in [5.41, 5.74) is -3.07. The van der Waals surface area contributed by atoms with Crippen LogP contribution in [0.15, 0.2) is 97.2 Å². The maximum Gasteiger partial charge on any atom is 0.417 e. The number of hydrogen-bond donors (Lipinski definition) is 2. The molecule has 1 atom stereocenters. The van der Waals surface area contributed by atoms with Crippen molar-refractivity contribution in [3.8, 4) is 6.07 Å². The number of urea groups is 1. The number of carbonyl (C=O) groups excluding carboxylic acids is 1. The third kappa shape index (κ3) is 6.40. The summed E-state index contributed by atoms with van der Waals surface area (Å²) in [6.45, 7) is 0. The Kier molecular flexibility index (Phi) is 7.81. The molecule has 2 amide bonds. The predicted molar refractivity (Wildman–Crippen MR) is 135 cm³/mol. The molecule has 2 N–H and O–H groups in total. The van der Waals surface area contributed by atoms with Gasteiger partial charge in [0.15, 0.2) is 0 Å². The fraction of sp³-hybridized carbons (Fsp3) is 0.138. The van der Waals surface area contributed by atoms with Crippen LogP contribution in [0, 0.1) is 11.3 Å². The fourth-order valence-electron chi connectivity index (χ4n) is 4.22. The summed E-state index contributed by atoms with van der Waals surface area (Å²) >= 11 is 0. The topological polar surface area (TPSA) is 77.8 Å². The van der Waals surface area contributed by atoms with Crippen LogP contribution in [0.5, 0.6) is 0 Å². The smallest absolute Gasteiger partial charge is 0.322 e.